The van der Waals surface area contributed by atoms with Gasteiger partial charge < -0.3 is 15.8 Å². The zero-order valence-corrected chi connectivity index (χ0v) is 13.7. The van der Waals surface area contributed by atoms with Crippen molar-refractivity contribution in [3.05, 3.63) is 29.8 Å². The molecular weight excluding hydrogens is 288 g/mol. The van der Waals surface area contributed by atoms with Crippen molar-refractivity contribution in [2.24, 2.45) is 5.73 Å². The van der Waals surface area contributed by atoms with Crippen molar-refractivity contribution in [3.8, 4) is 5.75 Å². The molecule has 5 heteroatoms. The molecule has 0 saturated carbocycles. The third kappa shape index (κ3) is 4.35. The molecule has 0 spiro atoms. The zero-order valence-electron chi connectivity index (χ0n) is 12.9. The van der Waals surface area contributed by atoms with Crippen LogP contribution in [0.4, 0.5) is 0 Å². The summed E-state index contributed by atoms with van der Waals surface area (Å²) in [5, 5.41) is 3.07. The minimum absolute atomic E-state index is 0. The van der Waals surface area contributed by atoms with Crippen LogP contribution in [0.25, 0.3) is 0 Å². The number of benzene rings is 1. The quantitative estimate of drug-likeness (QED) is 0.898. The number of amides is 1. The number of fused-ring (bicyclic) bond motifs is 1. The summed E-state index contributed by atoms with van der Waals surface area (Å²) in [5.74, 6) is 0.766. The summed E-state index contributed by atoms with van der Waals surface area (Å²) in [5.41, 5.74) is 6.63. The summed E-state index contributed by atoms with van der Waals surface area (Å²) in [4.78, 5) is 12.1. The molecule has 1 aromatic carbocycles. The van der Waals surface area contributed by atoms with Gasteiger partial charge in [0.05, 0.1) is 12.1 Å². The maximum Gasteiger partial charge on any atom is 0.237 e. The van der Waals surface area contributed by atoms with E-state index >= 15 is 0 Å². The molecule has 118 valence electrons. The van der Waals surface area contributed by atoms with Crippen LogP contribution in [0.2, 0.25) is 0 Å². The second-order valence-corrected chi connectivity index (χ2v) is 6.06. The van der Waals surface area contributed by atoms with Gasteiger partial charge in [0.15, 0.2) is 0 Å². The van der Waals surface area contributed by atoms with E-state index in [2.05, 4.69) is 5.32 Å². The second-order valence-electron chi connectivity index (χ2n) is 6.06. The van der Waals surface area contributed by atoms with E-state index in [1.165, 1.54) is 0 Å². The van der Waals surface area contributed by atoms with Gasteiger partial charge in [0.1, 0.15) is 11.4 Å². The number of ether oxygens (including phenoxy) is 1. The fourth-order valence-corrected chi connectivity index (χ4v) is 2.65. The molecule has 0 bridgehead atoms. The number of halogens is 1. The molecule has 0 radical (unpaired) electrons. The number of nitrogens with one attached hydrogen (secondary N) is 1. The number of hydrogen-bond donors (Lipinski definition) is 2. The molecule has 0 aliphatic carbocycles. The number of rotatable bonds is 4. The highest BCUT2D eigenvalue weighted by Gasteiger charge is 2.34. The lowest BCUT2D eigenvalue weighted by molar-refractivity contribution is -0.123. The number of carbonyl (C=O) groups excluding carboxylic acids is 1. The number of carbonyl (C=O) groups is 1. The second kappa shape index (κ2) is 7.14. The Labute approximate surface area is 132 Å². The Morgan fingerprint density at radius 1 is 1.48 bits per heavy atom. The Morgan fingerprint density at radius 2 is 2.14 bits per heavy atom. The highest BCUT2D eigenvalue weighted by molar-refractivity contribution is 5.85. The van der Waals surface area contributed by atoms with E-state index in [1.807, 2.05) is 45.0 Å². The standard InChI is InChI=1S/C16H24N2O2.ClH/c1-4-7-12(17)15(19)18-13-10-16(2,3)20-14-9-6-5-8-11(13)14;/h5-6,8-9,12-13H,4,7,10,17H2,1-3H3,(H,18,19);1H. The third-order valence-corrected chi connectivity index (χ3v) is 3.63. The molecule has 1 aliphatic rings. The fraction of sp³-hybridized carbons (Fsp3) is 0.562. The molecule has 4 nitrogen and oxygen atoms in total. The zero-order chi connectivity index (χ0) is 14.8. The van der Waals surface area contributed by atoms with Crippen molar-refractivity contribution in [1.29, 1.82) is 0 Å². The molecule has 2 unspecified atom stereocenters. The predicted octanol–water partition coefficient (Wildman–Crippen LogP) is 2.95. The minimum atomic E-state index is -0.432. The van der Waals surface area contributed by atoms with Crippen LogP contribution in [0, 0.1) is 0 Å². The van der Waals surface area contributed by atoms with E-state index in [1.54, 1.807) is 0 Å². The predicted molar refractivity (Wildman–Crippen MR) is 86.8 cm³/mol. The summed E-state index contributed by atoms with van der Waals surface area (Å²) < 4.78 is 5.96. The smallest absolute Gasteiger partial charge is 0.237 e. The Kier molecular flexibility index (Phi) is 6.05. The summed E-state index contributed by atoms with van der Waals surface area (Å²) in [7, 11) is 0. The van der Waals surface area contributed by atoms with Gasteiger partial charge in [-0.25, -0.2) is 0 Å². The minimum Gasteiger partial charge on any atom is -0.487 e. The largest absolute Gasteiger partial charge is 0.487 e. The van der Waals surface area contributed by atoms with Crippen molar-refractivity contribution in [2.75, 3.05) is 0 Å². The first-order valence-electron chi connectivity index (χ1n) is 7.27. The van der Waals surface area contributed by atoms with Crippen LogP contribution in [0.3, 0.4) is 0 Å². The number of hydrogen-bond acceptors (Lipinski definition) is 3. The first-order valence-corrected chi connectivity index (χ1v) is 7.27. The van der Waals surface area contributed by atoms with Crippen LogP contribution in [0.5, 0.6) is 5.75 Å². The van der Waals surface area contributed by atoms with Crippen LogP contribution in [-0.2, 0) is 4.79 Å². The third-order valence-electron chi connectivity index (χ3n) is 3.63. The lowest BCUT2D eigenvalue weighted by atomic mass is 9.89. The van der Waals surface area contributed by atoms with Gasteiger partial charge in [-0.2, -0.15) is 0 Å². The molecule has 1 amide bonds. The summed E-state index contributed by atoms with van der Waals surface area (Å²) >= 11 is 0. The Morgan fingerprint density at radius 3 is 2.81 bits per heavy atom. The van der Waals surface area contributed by atoms with Gasteiger partial charge >= 0.3 is 0 Å². The van der Waals surface area contributed by atoms with Crippen LogP contribution in [0.15, 0.2) is 24.3 Å². The Bertz CT molecular complexity index is 491. The van der Waals surface area contributed by atoms with Gasteiger partial charge in [-0.05, 0) is 26.3 Å². The van der Waals surface area contributed by atoms with E-state index in [0.29, 0.717) is 6.42 Å². The highest BCUT2D eigenvalue weighted by atomic mass is 35.5. The molecule has 1 heterocycles. The van der Waals surface area contributed by atoms with Crippen LogP contribution in [0.1, 0.15) is 51.6 Å². The van der Waals surface area contributed by atoms with Crippen molar-refractivity contribution < 1.29 is 9.53 Å². The van der Waals surface area contributed by atoms with E-state index in [-0.39, 0.29) is 30.0 Å². The molecule has 0 aromatic heterocycles. The van der Waals surface area contributed by atoms with Crippen molar-refractivity contribution >= 4 is 18.3 Å². The highest BCUT2D eigenvalue weighted by Crippen LogP contribution is 2.39. The van der Waals surface area contributed by atoms with Crippen molar-refractivity contribution in [3.63, 3.8) is 0 Å². The Balaban J connectivity index is 0.00000220. The molecule has 0 fully saturated rings. The number of para-hydroxylation sites is 1. The monoisotopic (exact) mass is 312 g/mol. The summed E-state index contributed by atoms with van der Waals surface area (Å²) in [6, 6.07) is 7.39. The van der Waals surface area contributed by atoms with E-state index in [0.717, 1.165) is 24.2 Å². The fourth-order valence-electron chi connectivity index (χ4n) is 2.65. The molecule has 2 atom stereocenters. The maximum absolute atomic E-state index is 12.1. The first-order chi connectivity index (χ1) is 9.43. The Hall–Kier alpha value is -1.26. The topological polar surface area (TPSA) is 64.4 Å². The van der Waals surface area contributed by atoms with Gasteiger partial charge in [-0.15, -0.1) is 12.4 Å². The van der Waals surface area contributed by atoms with Crippen LogP contribution in [-0.4, -0.2) is 17.6 Å². The number of nitrogens with two attached hydrogens (primary N) is 1. The van der Waals surface area contributed by atoms with Gasteiger partial charge in [0, 0.05) is 12.0 Å². The normalized spacial score (nSPS) is 20.5. The van der Waals surface area contributed by atoms with Gasteiger partial charge in [-0.1, -0.05) is 31.5 Å². The van der Waals surface area contributed by atoms with Crippen molar-refractivity contribution in [1.82, 2.24) is 5.32 Å². The van der Waals surface area contributed by atoms with Gasteiger partial charge in [-0.3, -0.25) is 4.79 Å². The molecule has 1 aromatic rings. The molecule has 3 N–H and O–H groups in total. The first kappa shape index (κ1) is 17.8. The molecule has 0 saturated heterocycles. The summed E-state index contributed by atoms with van der Waals surface area (Å²) in [6.07, 6.45) is 2.36. The van der Waals surface area contributed by atoms with Crippen LogP contribution < -0.4 is 15.8 Å². The molecule has 2 rings (SSSR count). The molecule has 1 aliphatic heterocycles. The van der Waals surface area contributed by atoms with Crippen LogP contribution >= 0.6 is 12.4 Å². The summed E-state index contributed by atoms with van der Waals surface area (Å²) in [6.45, 7) is 6.10. The lowest BCUT2D eigenvalue weighted by Crippen LogP contribution is -2.46. The van der Waals surface area contributed by atoms with Gasteiger partial charge in [0.25, 0.3) is 0 Å². The average Bonchev–Trinajstić information content (AvgIpc) is 2.37. The SMILES string of the molecule is CCCC(N)C(=O)NC1CC(C)(C)Oc2ccccc21.Cl. The van der Waals surface area contributed by atoms with Gasteiger partial charge in [0.2, 0.25) is 5.91 Å². The maximum atomic E-state index is 12.1. The van der Waals surface area contributed by atoms with E-state index in [4.69, 9.17) is 10.5 Å². The van der Waals surface area contributed by atoms with E-state index < -0.39 is 6.04 Å². The average molecular weight is 313 g/mol. The molecule has 21 heavy (non-hydrogen) atoms. The molecular formula is C16H25ClN2O2. The van der Waals surface area contributed by atoms with E-state index in [9.17, 15) is 4.79 Å². The van der Waals surface area contributed by atoms with Crippen molar-refractivity contribution in [2.45, 2.75) is 57.7 Å². The lowest BCUT2D eigenvalue weighted by Gasteiger charge is -2.38.